The molecule has 0 aromatic heterocycles. The molecule has 0 bridgehead atoms. The Bertz CT molecular complexity index is 214. The highest BCUT2D eigenvalue weighted by Crippen LogP contribution is 2.16. The van der Waals surface area contributed by atoms with Crippen LogP contribution >= 0.6 is 0 Å². The fourth-order valence-electron chi connectivity index (χ4n) is 1.04. The summed E-state index contributed by atoms with van der Waals surface area (Å²) in [5, 5.41) is 8.36. The van der Waals surface area contributed by atoms with Crippen LogP contribution in [0.15, 0.2) is 0 Å². The first-order chi connectivity index (χ1) is 4.75. The van der Waals surface area contributed by atoms with Crippen molar-refractivity contribution in [2.24, 2.45) is 5.92 Å². The molecule has 1 fully saturated rings. The number of rotatable bonds is 0. The zero-order valence-electron chi connectivity index (χ0n) is 5.46. The normalized spacial score (nSPS) is 26.1. The van der Waals surface area contributed by atoms with E-state index in [-0.39, 0.29) is 5.78 Å². The maximum atomic E-state index is 10.8. The van der Waals surface area contributed by atoms with Gasteiger partial charge in [-0.05, 0) is 12.8 Å². The molecule has 1 saturated carbocycles. The second kappa shape index (κ2) is 2.61. The summed E-state index contributed by atoms with van der Waals surface area (Å²) in [5.74, 6) is -1.52. The van der Waals surface area contributed by atoms with Gasteiger partial charge in [-0.3, -0.25) is 9.59 Å². The number of carbonyl (C=O) groups is 2. The van der Waals surface area contributed by atoms with Gasteiger partial charge in [-0.1, -0.05) is 0 Å². The molecule has 1 aliphatic carbocycles. The molecule has 0 amide bonds. The minimum atomic E-state index is -0.652. The number of Topliss-reactive ketones (excluding diaryl/α,β-unsaturated/α-hetero) is 2. The van der Waals surface area contributed by atoms with Crippen molar-refractivity contribution < 1.29 is 9.59 Å². The molecule has 0 saturated heterocycles. The van der Waals surface area contributed by atoms with E-state index in [1.54, 1.807) is 0 Å². The SMILES string of the molecule is N#CC1CCCC(=O)C1=O. The first kappa shape index (κ1) is 6.94. The lowest BCUT2D eigenvalue weighted by Crippen LogP contribution is -2.27. The molecule has 0 aliphatic heterocycles. The summed E-state index contributed by atoms with van der Waals surface area (Å²) >= 11 is 0. The van der Waals surface area contributed by atoms with Gasteiger partial charge in [-0.25, -0.2) is 0 Å². The van der Waals surface area contributed by atoms with Crippen molar-refractivity contribution >= 4 is 11.6 Å². The second-order valence-corrected chi connectivity index (χ2v) is 2.36. The highest BCUT2D eigenvalue weighted by molar-refractivity contribution is 6.39. The fourth-order valence-corrected chi connectivity index (χ4v) is 1.04. The smallest absolute Gasteiger partial charge is 0.215 e. The summed E-state index contributed by atoms with van der Waals surface area (Å²) < 4.78 is 0. The molecule has 3 nitrogen and oxygen atoms in total. The quantitative estimate of drug-likeness (QED) is 0.455. The molecule has 1 rings (SSSR count). The molecule has 0 spiro atoms. The van der Waals surface area contributed by atoms with Gasteiger partial charge in [0.15, 0.2) is 5.78 Å². The maximum absolute atomic E-state index is 10.8. The molecule has 52 valence electrons. The lowest BCUT2D eigenvalue weighted by atomic mass is 9.88. The molecular weight excluding hydrogens is 130 g/mol. The van der Waals surface area contributed by atoms with Crippen LogP contribution in [0.1, 0.15) is 19.3 Å². The van der Waals surface area contributed by atoms with Crippen molar-refractivity contribution in [3.05, 3.63) is 0 Å². The van der Waals surface area contributed by atoms with Crippen molar-refractivity contribution in [3.8, 4) is 6.07 Å². The second-order valence-electron chi connectivity index (χ2n) is 2.36. The van der Waals surface area contributed by atoms with E-state index < -0.39 is 11.7 Å². The first-order valence-electron chi connectivity index (χ1n) is 3.22. The van der Waals surface area contributed by atoms with Gasteiger partial charge in [0.05, 0.1) is 6.07 Å². The number of nitrogens with zero attached hydrogens (tertiary/aromatic N) is 1. The van der Waals surface area contributed by atoms with E-state index in [2.05, 4.69) is 0 Å². The lowest BCUT2D eigenvalue weighted by molar-refractivity contribution is -0.139. The van der Waals surface area contributed by atoms with Crippen molar-refractivity contribution in [3.63, 3.8) is 0 Å². The molecular formula is C7H7NO2. The number of hydrogen-bond acceptors (Lipinski definition) is 3. The number of ketones is 2. The largest absolute Gasteiger partial charge is 0.291 e. The topological polar surface area (TPSA) is 57.9 Å². The van der Waals surface area contributed by atoms with Crippen molar-refractivity contribution in [1.82, 2.24) is 0 Å². The van der Waals surface area contributed by atoms with Gasteiger partial charge in [0.1, 0.15) is 5.92 Å². The Morgan fingerprint density at radius 1 is 1.50 bits per heavy atom. The Morgan fingerprint density at radius 2 is 2.20 bits per heavy atom. The van der Waals surface area contributed by atoms with Gasteiger partial charge < -0.3 is 0 Å². The van der Waals surface area contributed by atoms with Crippen molar-refractivity contribution in [2.75, 3.05) is 0 Å². The van der Waals surface area contributed by atoms with Gasteiger partial charge >= 0.3 is 0 Å². The van der Waals surface area contributed by atoms with E-state index in [1.807, 2.05) is 6.07 Å². The van der Waals surface area contributed by atoms with Crippen LogP contribution in [0.3, 0.4) is 0 Å². The van der Waals surface area contributed by atoms with E-state index >= 15 is 0 Å². The fraction of sp³-hybridized carbons (Fsp3) is 0.571. The van der Waals surface area contributed by atoms with E-state index in [0.29, 0.717) is 19.3 Å². The third kappa shape index (κ3) is 1.06. The summed E-state index contributed by atoms with van der Waals surface area (Å²) in [4.78, 5) is 21.4. The standard InChI is InChI=1S/C7H7NO2/c8-4-5-2-1-3-6(9)7(5)10/h5H,1-3H2. The minimum Gasteiger partial charge on any atom is -0.291 e. The monoisotopic (exact) mass is 137 g/mol. The van der Waals surface area contributed by atoms with E-state index in [4.69, 9.17) is 5.26 Å². The van der Waals surface area contributed by atoms with Gasteiger partial charge in [0.2, 0.25) is 5.78 Å². The molecule has 1 aliphatic rings. The molecule has 0 radical (unpaired) electrons. The van der Waals surface area contributed by atoms with Gasteiger partial charge in [0, 0.05) is 6.42 Å². The summed E-state index contributed by atoms with van der Waals surface area (Å²) in [6.45, 7) is 0. The third-order valence-corrected chi connectivity index (χ3v) is 1.64. The number of hydrogen-bond donors (Lipinski definition) is 0. The van der Waals surface area contributed by atoms with Crippen LogP contribution in [0.4, 0.5) is 0 Å². The average Bonchev–Trinajstić information content (AvgIpc) is 1.95. The zero-order valence-corrected chi connectivity index (χ0v) is 5.46. The summed E-state index contributed by atoms with van der Waals surface area (Å²) in [5.41, 5.74) is 0. The molecule has 0 N–H and O–H groups in total. The summed E-state index contributed by atoms with van der Waals surface area (Å²) in [7, 11) is 0. The van der Waals surface area contributed by atoms with Crippen LogP contribution in [0, 0.1) is 17.2 Å². The van der Waals surface area contributed by atoms with Crippen LogP contribution in [-0.4, -0.2) is 11.6 Å². The molecule has 10 heavy (non-hydrogen) atoms. The zero-order chi connectivity index (χ0) is 7.56. The maximum Gasteiger partial charge on any atom is 0.215 e. The minimum absolute atomic E-state index is 0.330. The van der Waals surface area contributed by atoms with E-state index in [1.165, 1.54) is 0 Å². The van der Waals surface area contributed by atoms with E-state index in [9.17, 15) is 9.59 Å². The molecule has 3 heteroatoms. The van der Waals surface area contributed by atoms with E-state index in [0.717, 1.165) is 0 Å². The Hall–Kier alpha value is -1.17. The van der Waals surface area contributed by atoms with Crippen LogP contribution in [0.25, 0.3) is 0 Å². The van der Waals surface area contributed by atoms with Gasteiger partial charge in [-0.2, -0.15) is 5.26 Å². The van der Waals surface area contributed by atoms with Crippen LogP contribution in [0.2, 0.25) is 0 Å². The van der Waals surface area contributed by atoms with Gasteiger partial charge in [0.25, 0.3) is 0 Å². The Labute approximate surface area is 58.6 Å². The number of nitriles is 1. The highest BCUT2D eigenvalue weighted by Gasteiger charge is 2.28. The Kier molecular flexibility index (Phi) is 1.81. The predicted octanol–water partition coefficient (Wildman–Crippen LogP) is 0.448. The molecule has 1 unspecified atom stereocenters. The summed E-state index contributed by atoms with van der Waals surface area (Å²) in [6, 6.07) is 1.81. The van der Waals surface area contributed by atoms with Crippen molar-refractivity contribution in [2.45, 2.75) is 19.3 Å². The highest BCUT2D eigenvalue weighted by atomic mass is 16.2. The molecule has 0 aromatic rings. The van der Waals surface area contributed by atoms with Crippen molar-refractivity contribution in [1.29, 1.82) is 5.26 Å². The van der Waals surface area contributed by atoms with Crippen LogP contribution in [0.5, 0.6) is 0 Å². The summed E-state index contributed by atoms with van der Waals surface area (Å²) in [6.07, 6.45) is 1.57. The average molecular weight is 137 g/mol. The number of carbonyl (C=O) groups excluding carboxylic acids is 2. The third-order valence-electron chi connectivity index (χ3n) is 1.64. The van der Waals surface area contributed by atoms with Gasteiger partial charge in [-0.15, -0.1) is 0 Å². The molecule has 0 aromatic carbocycles. The van der Waals surface area contributed by atoms with Crippen LogP contribution in [-0.2, 0) is 9.59 Å². The first-order valence-corrected chi connectivity index (χ1v) is 3.22. The molecule has 1 atom stereocenters. The predicted molar refractivity (Wildman–Crippen MR) is 33.0 cm³/mol. The van der Waals surface area contributed by atoms with Crippen LogP contribution < -0.4 is 0 Å². The lowest BCUT2D eigenvalue weighted by Gasteiger charge is -2.11. The molecule has 0 heterocycles. The Morgan fingerprint density at radius 3 is 2.70 bits per heavy atom. The Balaban J connectivity index is 2.71.